The number of hydrogen-bond donors (Lipinski definition) is 0. The van der Waals surface area contributed by atoms with Crippen molar-refractivity contribution < 1.29 is 14.3 Å². The van der Waals surface area contributed by atoms with E-state index in [1.807, 2.05) is 23.1 Å². The van der Waals surface area contributed by atoms with Crippen LogP contribution in [0.1, 0.15) is 49.9 Å². The summed E-state index contributed by atoms with van der Waals surface area (Å²) in [5.41, 5.74) is 0.689. The zero-order chi connectivity index (χ0) is 21.0. The molecule has 0 radical (unpaired) electrons. The summed E-state index contributed by atoms with van der Waals surface area (Å²) in [5, 5.41) is 0. The number of halogens is 2. The molecular weight excluding hydrogens is 500 g/mol. The minimum absolute atomic E-state index is 0.0631. The highest BCUT2D eigenvalue weighted by atomic mass is 79.9. The molecule has 158 valence electrons. The van der Waals surface area contributed by atoms with Crippen molar-refractivity contribution in [2.45, 2.75) is 57.7 Å². The van der Waals surface area contributed by atoms with Crippen LogP contribution in [0.2, 0.25) is 0 Å². The lowest BCUT2D eigenvalue weighted by atomic mass is 9.85. The topological polar surface area (TPSA) is 49.9 Å². The van der Waals surface area contributed by atoms with Crippen LogP contribution in [0.4, 0.5) is 0 Å². The van der Waals surface area contributed by atoms with Gasteiger partial charge in [-0.2, -0.15) is 0 Å². The largest absolute Gasteiger partial charge is 0.462 e. The Labute approximate surface area is 189 Å². The van der Waals surface area contributed by atoms with Crippen LogP contribution in [0.3, 0.4) is 0 Å². The number of carbonyl (C=O) groups excluding carboxylic acids is 2. The quantitative estimate of drug-likeness (QED) is 0.394. The minimum atomic E-state index is -0.229. The van der Waals surface area contributed by atoms with Crippen molar-refractivity contribution in [1.82, 2.24) is 9.80 Å². The Balaban J connectivity index is 1.85. The van der Waals surface area contributed by atoms with Gasteiger partial charge in [-0.05, 0) is 69.3 Å². The zero-order valence-electron chi connectivity index (χ0n) is 16.9. The summed E-state index contributed by atoms with van der Waals surface area (Å²) in [6.07, 6.45) is 7.56. The molecule has 0 bridgehead atoms. The summed E-state index contributed by atoms with van der Waals surface area (Å²) in [6.45, 7) is 6.05. The summed E-state index contributed by atoms with van der Waals surface area (Å²) >= 11 is 6.99. The van der Waals surface area contributed by atoms with Crippen molar-refractivity contribution in [3.05, 3.63) is 44.9 Å². The van der Waals surface area contributed by atoms with Gasteiger partial charge < -0.3 is 9.64 Å². The summed E-state index contributed by atoms with van der Waals surface area (Å²) in [6, 6.07) is 5.94. The number of ether oxygens (including phenoxy) is 1. The van der Waals surface area contributed by atoms with Crippen LogP contribution in [0.5, 0.6) is 0 Å². The number of hydrogen-bond acceptors (Lipinski definition) is 4. The van der Waals surface area contributed by atoms with Gasteiger partial charge in [0.05, 0.1) is 0 Å². The van der Waals surface area contributed by atoms with Crippen molar-refractivity contribution in [3.63, 3.8) is 0 Å². The molecule has 5 nitrogen and oxygen atoms in total. The molecule has 2 aliphatic rings. The average molecular weight is 528 g/mol. The first kappa shape index (κ1) is 22.5. The number of carbonyl (C=O) groups is 2. The van der Waals surface area contributed by atoms with Crippen molar-refractivity contribution >= 4 is 43.7 Å². The number of nitrogens with zero attached hydrogens (tertiary/aromatic N) is 2. The minimum Gasteiger partial charge on any atom is -0.462 e. The standard InChI is InChI=1S/C22H28Br2N2O3/c1-3-10-26(22(28)16-6-8-18(23)19(24)13-16)20-9-7-17(29-15(2)27)14-21(20)25-11-4-5-12-25/h4-6,8,13,17,20-21H,3,7,9-12,14H2,1-2H3. The number of esters is 1. The van der Waals surface area contributed by atoms with Crippen molar-refractivity contribution in [3.8, 4) is 0 Å². The molecule has 1 aliphatic heterocycles. The molecule has 1 aliphatic carbocycles. The second-order valence-corrected chi connectivity index (χ2v) is 9.44. The van der Waals surface area contributed by atoms with E-state index in [4.69, 9.17) is 4.74 Å². The van der Waals surface area contributed by atoms with Crippen LogP contribution in [-0.4, -0.2) is 59.5 Å². The molecule has 1 aromatic carbocycles. The molecule has 29 heavy (non-hydrogen) atoms. The molecule has 7 heteroatoms. The van der Waals surface area contributed by atoms with Crippen LogP contribution in [0.15, 0.2) is 39.3 Å². The Morgan fingerprint density at radius 1 is 1.17 bits per heavy atom. The highest BCUT2D eigenvalue weighted by molar-refractivity contribution is 9.13. The van der Waals surface area contributed by atoms with Gasteiger partial charge >= 0.3 is 5.97 Å². The molecule has 1 heterocycles. The Morgan fingerprint density at radius 3 is 2.52 bits per heavy atom. The van der Waals surface area contributed by atoms with E-state index < -0.39 is 0 Å². The van der Waals surface area contributed by atoms with Gasteiger partial charge in [0.1, 0.15) is 6.10 Å². The van der Waals surface area contributed by atoms with E-state index in [2.05, 4.69) is 55.8 Å². The molecule has 1 amide bonds. The lowest BCUT2D eigenvalue weighted by Gasteiger charge is -2.45. The molecule has 0 N–H and O–H groups in total. The van der Waals surface area contributed by atoms with Crippen molar-refractivity contribution in [1.29, 1.82) is 0 Å². The van der Waals surface area contributed by atoms with E-state index in [1.54, 1.807) is 0 Å². The maximum absolute atomic E-state index is 13.5. The lowest BCUT2D eigenvalue weighted by Crippen LogP contribution is -2.57. The highest BCUT2D eigenvalue weighted by Crippen LogP contribution is 2.32. The fraction of sp³-hybridized carbons (Fsp3) is 0.545. The fourth-order valence-corrected chi connectivity index (χ4v) is 5.04. The Bertz CT molecular complexity index is 775. The lowest BCUT2D eigenvalue weighted by molar-refractivity contribution is -0.149. The van der Waals surface area contributed by atoms with E-state index in [1.165, 1.54) is 6.92 Å². The van der Waals surface area contributed by atoms with Gasteiger partial charge in [0, 0.05) is 59.6 Å². The molecule has 3 unspecified atom stereocenters. The van der Waals surface area contributed by atoms with E-state index in [0.717, 1.165) is 47.7 Å². The predicted octanol–water partition coefficient (Wildman–Crippen LogP) is 4.79. The first-order valence-corrected chi connectivity index (χ1v) is 11.8. The second-order valence-electron chi connectivity index (χ2n) is 7.73. The van der Waals surface area contributed by atoms with Gasteiger partial charge in [-0.3, -0.25) is 14.5 Å². The van der Waals surface area contributed by atoms with Crippen LogP contribution < -0.4 is 0 Å². The van der Waals surface area contributed by atoms with Gasteiger partial charge in [0.25, 0.3) is 5.91 Å². The third kappa shape index (κ3) is 5.50. The smallest absolute Gasteiger partial charge is 0.302 e. The van der Waals surface area contributed by atoms with Crippen LogP contribution in [-0.2, 0) is 9.53 Å². The molecule has 0 spiro atoms. The van der Waals surface area contributed by atoms with E-state index in [9.17, 15) is 9.59 Å². The highest BCUT2D eigenvalue weighted by Gasteiger charge is 2.40. The molecule has 3 atom stereocenters. The van der Waals surface area contributed by atoms with Crippen molar-refractivity contribution in [2.24, 2.45) is 0 Å². The summed E-state index contributed by atoms with van der Waals surface area (Å²) < 4.78 is 7.35. The number of amides is 1. The maximum Gasteiger partial charge on any atom is 0.302 e. The molecule has 0 aromatic heterocycles. The third-order valence-electron chi connectivity index (χ3n) is 5.67. The van der Waals surface area contributed by atoms with Crippen molar-refractivity contribution in [2.75, 3.05) is 19.6 Å². The normalized spacial score (nSPS) is 24.5. The molecule has 1 aromatic rings. The van der Waals surface area contributed by atoms with Gasteiger partial charge in [-0.25, -0.2) is 0 Å². The molecule has 0 saturated heterocycles. The zero-order valence-corrected chi connectivity index (χ0v) is 20.1. The Kier molecular flexibility index (Phi) is 7.93. The molecule has 1 saturated carbocycles. The number of rotatable bonds is 6. The molecular formula is C22H28Br2N2O3. The Hall–Kier alpha value is -1.18. The van der Waals surface area contributed by atoms with E-state index >= 15 is 0 Å². The van der Waals surface area contributed by atoms with Crippen LogP contribution in [0.25, 0.3) is 0 Å². The van der Waals surface area contributed by atoms with Gasteiger partial charge in [-0.15, -0.1) is 0 Å². The molecule has 3 rings (SSSR count). The van der Waals surface area contributed by atoms with E-state index in [-0.39, 0.29) is 30.1 Å². The van der Waals surface area contributed by atoms with Gasteiger partial charge in [-0.1, -0.05) is 19.1 Å². The monoisotopic (exact) mass is 526 g/mol. The maximum atomic E-state index is 13.5. The summed E-state index contributed by atoms with van der Waals surface area (Å²) in [7, 11) is 0. The summed E-state index contributed by atoms with van der Waals surface area (Å²) in [5.74, 6) is -0.166. The third-order valence-corrected chi connectivity index (χ3v) is 7.55. The molecule has 1 fully saturated rings. The summed E-state index contributed by atoms with van der Waals surface area (Å²) in [4.78, 5) is 29.4. The fourth-order valence-electron chi connectivity index (χ4n) is 4.41. The number of benzene rings is 1. The SMILES string of the molecule is CCCN(C(=O)c1ccc(Br)c(Br)c1)C1CCC(OC(C)=O)CC1N1CC=CC1. The average Bonchev–Trinajstić information content (AvgIpc) is 3.22. The first-order valence-electron chi connectivity index (χ1n) is 10.2. The van der Waals surface area contributed by atoms with Crippen LogP contribution >= 0.6 is 31.9 Å². The van der Waals surface area contributed by atoms with Gasteiger partial charge in [0.2, 0.25) is 0 Å². The predicted molar refractivity (Wildman–Crippen MR) is 121 cm³/mol. The second kappa shape index (κ2) is 10.2. The van der Waals surface area contributed by atoms with Gasteiger partial charge in [0.15, 0.2) is 0 Å². The Morgan fingerprint density at radius 2 is 1.90 bits per heavy atom. The first-order chi connectivity index (χ1) is 13.9. The van der Waals surface area contributed by atoms with E-state index in [0.29, 0.717) is 12.1 Å². The van der Waals surface area contributed by atoms with Crippen LogP contribution in [0, 0.1) is 0 Å².